The Balaban J connectivity index is 1.77. The van der Waals surface area contributed by atoms with Crippen molar-refractivity contribution in [2.45, 2.75) is 25.2 Å². The number of hydrogen-bond acceptors (Lipinski definition) is 6. The van der Waals surface area contributed by atoms with Crippen molar-refractivity contribution in [2.24, 2.45) is 0 Å². The highest BCUT2D eigenvalue weighted by Crippen LogP contribution is 2.41. The van der Waals surface area contributed by atoms with Crippen molar-refractivity contribution in [3.05, 3.63) is 128 Å². The second-order valence-corrected chi connectivity index (χ2v) is 8.69. The number of H-pyrrole nitrogens is 1. The number of rotatable bonds is 10. The van der Waals surface area contributed by atoms with E-state index in [0.29, 0.717) is 17.1 Å². The fourth-order valence-corrected chi connectivity index (χ4v) is 4.33. The monoisotopic (exact) mass is 502 g/mol. The molecule has 4 aromatic rings. The van der Waals surface area contributed by atoms with Crippen LogP contribution in [0.25, 0.3) is 0 Å². The molecule has 0 saturated heterocycles. The van der Waals surface area contributed by atoms with Crippen molar-refractivity contribution >= 4 is 0 Å². The van der Waals surface area contributed by atoms with E-state index in [-0.39, 0.29) is 13.2 Å². The maximum atomic E-state index is 12.2. The van der Waals surface area contributed by atoms with Crippen LogP contribution in [-0.2, 0) is 16.9 Å². The molecule has 8 nitrogen and oxygen atoms in total. The number of nitrogens with one attached hydrogen (secondary N) is 1. The van der Waals surface area contributed by atoms with Gasteiger partial charge in [-0.05, 0) is 47.9 Å². The highest BCUT2D eigenvalue weighted by molar-refractivity contribution is 5.49. The SMILES string of the molecule is COc1ccc(C(OCC(O)Cn2cc(C)c(=O)[nH]c2=O)(c2ccccc2)c2ccc(OC)cc2)cc1. The maximum absolute atomic E-state index is 12.2. The molecule has 0 bridgehead atoms. The van der Waals surface area contributed by atoms with Crippen molar-refractivity contribution in [2.75, 3.05) is 20.8 Å². The summed E-state index contributed by atoms with van der Waals surface area (Å²) in [7, 11) is 3.21. The Morgan fingerprint density at radius 2 is 1.35 bits per heavy atom. The van der Waals surface area contributed by atoms with E-state index >= 15 is 0 Å². The fraction of sp³-hybridized carbons (Fsp3) is 0.241. The summed E-state index contributed by atoms with van der Waals surface area (Å²) in [4.78, 5) is 26.2. The minimum absolute atomic E-state index is 0.0491. The number of aromatic nitrogens is 2. The van der Waals surface area contributed by atoms with E-state index in [2.05, 4.69) is 4.98 Å². The molecule has 0 fully saturated rings. The predicted molar refractivity (Wildman–Crippen MR) is 140 cm³/mol. The van der Waals surface area contributed by atoms with Crippen LogP contribution in [0.15, 0.2) is 94.6 Å². The third-order valence-corrected chi connectivity index (χ3v) is 6.26. The van der Waals surface area contributed by atoms with E-state index < -0.39 is 23.0 Å². The number of aromatic amines is 1. The molecule has 8 heteroatoms. The van der Waals surface area contributed by atoms with Crippen LogP contribution in [0, 0.1) is 6.92 Å². The smallest absolute Gasteiger partial charge is 0.328 e. The molecular formula is C29H30N2O6. The molecule has 1 unspecified atom stereocenters. The van der Waals surface area contributed by atoms with Gasteiger partial charge in [-0.1, -0.05) is 54.6 Å². The average molecular weight is 503 g/mol. The standard InChI is InChI=1S/C29H30N2O6/c1-20-17-31(28(34)30-27(20)33)18-24(32)19-37-29(21-7-5-4-6-8-21,22-9-13-25(35-2)14-10-22)23-11-15-26(36-3)16-12-23/h4-17,24,32H,18-19H2,1-3H3,(H,30,33,34). The summed E-state index contributed by atoms with van der Waals surface area (Å²) in [6, 6.07) is 24.9. The van der Waals surface area contributed by atoms with Gasteiger partial charge in [0.05, 0.1) is 33.5 Å². The van der Waals surface area contributed by atoms with Crippen LogP contribution in [0.5, 0.6) is 11.5 Å². The van der Waals surface area contributed by atoms with Crippen LogP contribution in [0.3, 0.4) is 0 Å². The third kappa shape index (κ3) is 5.50. The molecule has 0 radical (unpaired) electrons. The molecule has 4 rings (SSSR count). The van der Waals surface area contributed by atoms with E-state index in [1.165, 1.54) is 10.8 Å². The van der Waals surface area contributed by atoms with Gasteiger partial charge in [-0.3, -0.25) is 14.3 Å². The first-order valence-corrected chi connectivity index (χ1v) is 11.8. The summed E-state index contributed by atoms with van der Waals surface area (Å²) in [6.07, 6.45) is 0.393. The number of aliphatic hydroxyl groups excluding tert-OH is 1. The normalized spacial score (nSPS) is 12.2. The van der Waals surface area contributed by atoms with Crippen molar-refractivity contribution in [1.82, 2.24) is 9.55 Å². The summed E-state index contributed by atoms with van der Waals surface area (Å²) in [5.74, 6) is 1.40. The van der Waals surface area contributed by atoms with E-state index in [0.717, 1.165) is 16.7 Å². The first-order valence-electron chi connectivity index (χ1n) is 11.8. The highest BCUT2D eigenvalue weighted by atomic mass is 16.5. The first kappa shape index (κ1) is 25.9. The summed E-state index contributed by atoms with van der Waals surface area (Å²) in [6.45, 7) is 1.45. The zero-order chi connectivity index (χ0) is 26.4. The van der Waals surface area contributed by atoms with Crippen molar-refractivity contribution in [3.8, 4) is 11.5 Å². The van der Waals surface area contributed by atoms with E-state index in [4.69, 9.17) is 14.2 Å². The Labute approximate surface area is 214 Å². The molecule has 1 aromatic heterocycles. The molecule has 1 atom stereocenters. The summed E-state index contributed by atoms with van der Waals surface area (Å²) in [5.41, 5.74) is 0.760. The number of ether oxygens (including phenoxy) is 3. The molecule has 0 aliphatic carbocycles. The molecule has 0 aliphatic rings. The molecule has 37 heavy (non-hydrogen) atoms. The van der Waals surface area contributed by atoms with Crippen LogP contribution in [0.4, 0.5) is 0 Å². The van der Waals surface area contributed by atoms with Crippen LogP contribution in [0.1, 0.15) is 22.3 Å². The number of aryl methyl sites for hydroxylation is 1. The molecule has 0 spiro atoms. The molecule has 0 saturated carbocycles. The van der Waals surface area contributed by atoms with Gasteiger partial charge >= 0.3 is 5.69 Å². The first-order chi connectivity index (χ1) is 17.9. The van der Waals surface area contributed by atoms with Gasteiger partial charge in [0.1, 0.15) is 17.1 Å². The summed E-state index contributed by atoms with van der Waals surface area (Å²) in [5, 5.41) is 10.9. The van der Waals surface area contributed by atoms with Gasteiger partial charge in [-0.15, -0.1) is 0 Å². The lowest BCUT2D eigenvalue weighted by Gasteiger charge is -2.36. The lowest BCUT2D eigenvalue weighted by molar-refractivity contribution is -0.0426. The predicted octanol–water partition coefficient (Wildman–Crippen LogP) is 3.23. The lowest BCUT2D eigenvalue weighted by Crippen LogP contribution is -2.39. The van der Waals surface area contributed by atoms with E-state index in [1.54, 1.807) is 21.1 Å². The molecule has 0 amide bonds. The lowest BCUT2D eigenvalue weighted by atomic mass is 9.80. The minimum Gasteiger partial charge on any atom is -0.497 e. The zero-order valence-electron chi connectivity index (χ0n) is 21.0. The topological polar surface area (TPSA) is 103 Å². The van der Waals surface area contributed by atoms with Gasteiger partial charge in [-0.25, -0.2) is 4.79 Å². The number of methoxy groups -OCH3 is 2. The quantitative estimate of drug-likeness (QED) is 0.323. The Hall–Kier alpha value is -4.14. The number of aliphatic hydroxyl groups is 1. The number of nitrogens with zero attached hydrogens (tertiary/aromatic N) is 1. The Kier molecular flexibility index (Phi) is 7.91. The van der Waals surface area contributed by atoms with Crippen molar-refractivity contribution in [3.63, 3.8) is 0 Å². The molecule has 192 valence electrons. The second kappa shape index (κ2) is 11.3. The van der Waals surface area contributed by atoms with Crippen LogP contribution in [0.2, 0.25) is 0 Å². The van der Waals surface area contributed by atoms with Crippen molar-refractivity contribution in [1.29, 1.82) is 0 Å². The fourth-order valence-electron chi connectivity index (χ4n) is 4.33. The second-order valence-electron chi connectivity index (χ2n) is 8.69. The van der Waals surface area contributed by atoms with Gasteiger partial charge < -0.3 is 19.3 Å². The van der Waals surface area contributed by atoms with Gasteiger partial charge in [-0.2, -0.15) is 0 Å². The third-order valence-electron chi connectivity index (χ3n) is 6.26. The van der Waals surface area contributed by atoms with Crippen LogP contribution >= 0.6 is 0 Å². The molecule has 2 N–H and O–H groups in total. The minimum atomic E-state index is -1.09. The van der Waals surface area contributed by atoms with E-state index in [9.17, 15) is 14.7 Å². The summed E-state index contributed by atoms with van der Waals surface area (Å²) >= 11 is 0. The Morgan fingerprint density at radius 3 is 1.86 bits per heavy atom. The van der Waals surface area contributed by atoms with Crippen molar-refractivity contribution < 1.29 is 19.3 Å². The van der Waals surface area contributed by atoms with Gasteiger partial charge in [0.15, 0.2) is 0 Å². The molecule has 0 aliphatic heterocycles. The maximum Gasteiger partial charge on any atom is 0.328 e. The van der Waals surface area contributed by atoms with Gasteiger partial charge in [0.2, 0.25) is 0 Å². The van der Waals surface area contributed by atoms with E-state index in [1.807, 2.05) is 78.9 Å². The summed E-state index contributed by atoms with van der Waals surface area (Å²) < 4.78 is 18.6. The Bertz CT molecular complexity index is 1380. The zero-order valence-corrected chi connectivity index (χ0v) is 21.0. The van der Waals surface area contributed by atoms with Gasteiger partial charge in [0.25, 0.3) is 5.56 Å². The van der Waals surface area contributed by atoms with Crippen LogP contribution < -0.4 is 20.7 Å². The molecule has 1 heterocycles. The Morgan fingerprint density at radius 1 is 0.838 bits per heavy atom. The number of benzene rings is 3. The van der Waals surface area contributed by atoms with Gasteiger partial charge in [0, 0.05) is 11.8 Å². The average Bonchev–Trinajstić information content (AvgIpc) is 2.93. The largest absolute Gasteiger partial charge is 0.497 e. The van der Waals surface area contributed by atoms with Crippen LogP contribution in [-0.4, -0.2) is 41.6 Å². The molecular weight excluding hydrogens is 472 g/mol. The molecule has 3 aromatic carbocycles. The highest BCUT2D eigenvalue weighted by Gasteiger charge is 2.38. The number of hydrogen-bond donors (Lipinski definition) is 2.